The highest BCUT2D eigenvalue weighted by Gasteiger charge is 2.16. The molecule has 4 rings (SSSR count). The molecule has 0 radical (unpaired) electrons. The van der Waals surface area contributed by atoms with Gasteiger partial charge in [-0.1, -0.05) is 36.4 Å². The summed E-state index contributed by atoms with van der Waals surface area (Å²) in [6.07, 6.45) is 1.41. The Bertz CT molecular complexity index is 1210. The van der Waals surface area contributed by atoms with Gasteiger partial charge in [-0.3, -0.25) is 14.2 Å². The molecule has 0 spiro atoms. The fourth-order valence-corrected chi connectivity index (χ4v) is 3.13. The number of hydrogen-bond donors (Lipinski definition) is 0. The molecule has 0 aliphatic heterocycles. The van der Waals surface area contributed by atoms with Gasteiger partial charge in [-0.25, -0.2) is 4.98 Å². The lowest BCUT2D eigenvalue weighted by molar-refractivity contribution is -0.131. The van der Waals surface area contributed by atoms with Gasteiger partial charge in [-0.15, -0.1) is 0 Å². The number of para-hydroxylation sites is 1. The van der Waals surface area contributed by atoms with E-state index in [9.17, 15) is 9.59 Å². The summed E-state index contributed by atoms with van der Waals surface area (Å²) >= 11 is 0. The molecular weight excluding hydrogens is 342 g/mol. The van der Waals surface area contributed by atoms with Crippen molar-refractivity contribution in [3.05, 3.63) is 76.3 Å². The van der Waals surface area contributed by atoms with E-state index in [2.05, 4.69) is 4.98 Å². The van der Waals surface area contributed by atoms with Crippen molar-refractivity contribution in [1.82, 2.24) is 14.5 Å². The van der Waals surface area contributed by atoms with Crippen molar-refractivity contribution < 1.29 is 9.21 Å². The molecule has 2 aromatic carbocycles. The van der Waals surface area contributed by atoms with E-state index in [0.29, 0.717) is 17.6 Å². The number of carbonyl (C=O) groups is 1. The van der Waals surface area contributed by atoms with E-state index in [1.165, 1.54) is 10.9 Å². The van der Waals surface area contributed by atoms with E-state index in [1.54, 1.807) is 18.0 Å². The van der Waals surface area contributed by atoms with Crippen LogP contribution in [0.15, 0.2) is 64.1 Å². The Kier molecular flexibility index (Phi) is 4.24. The summed E-state index contributed by atoms with van der Waals surface area (Å²) in [5.41, 5.74) is 3.15. The van der Waals surface area contributed by atoms with E-state index in [-0.39, 0.29) is 23.6 Å². The van der Waals surface area contributed by atoms with Crippen LogP contribution in [0, 0.1) is 6.92 Å². The van der Waals surface area contributed by atoms with Crippen molar-refractivity contribution in [2.24, 2.45) is 0 Å². The minimum atomic E-state index is -0.353. The maximum Gasteiger partial charge on any atom is 0.297 e. The van der Waals surface area contributed by atoms with Crippen LogP contribution in [0.2, 0.25) is 0 Å². The number of aryl methyl sites for hydroxylation is 1. The highest BCUT2D eigenvalue weighted by molar-refractivity contribution is 6.01. The van der Waals surface area contributed by atoms with Crippen molar-refractivity contribution in [2.75, 3.05) is 7.05 Å². The summed E-state index contributed by atoms with van der Waals surface area (Å²) in [5.74, 6) is -0.169. The molecule has 1 amide bonds. The van der Waals surface area contributed by atoms with E-state index >= 15 is 0 Å². The summed E-state index contributed by atoms with van der Waals surface area (Å²) in [6.45, 7) is 2.42. The van der Waals surface area contributed by atoms with Crippen LogP contribution in [0.25, 0.3) is 22.1 Å². The molecule has 136 valence electrons. The van der Waals surface area contributed by atoms with Crippen molar-refractivity contribution >= 4 is 28.0 Å². The molecule has 4 aromatic rings. The van der Waals surface area contributed by atoms with Gasteiger partial charge >= 0.3 is 0 Å². The molecule has 27 heavy (non-hydrogen) atoms. The van der Waals surface area contributed by atoms with Crippen molar-refractivity contribution in [1.29, 1.82) is 0 Å². The van der Waals surface area contributed by atoms with E-state index < -0.39 is 0 Å². The Balaban J connectivity index is 1.60. The molecule has 0 aliphatic carbocycles. The van der Waals surface area contributed by atoms with Gasteiger partial charge in [-0.2, -0.15) is 0 Å². The minimum Gasteiger partial charge on any atom is -0.448 e. The molecule has 0 saturated heterocycles. The Labute approximate surface area is 155 Å². The molecule has 0 bridgehead atoms. The number of fused-ring (bicyclic) bond motifs is 3. The maximum atomic E-state index is 12.7. The van der Waals surface area contributed by atoms with Crippen LogP contribution in [0.3, 0.4) is 0 Å². The zero-order valence-electron chi connectivity index (χ0n) is 15.2. The molecule has 2 aromatic heterocycles. The number of rotatable bonds is 4. The number of amides is 1. The number of benzene rings is 2. The Morgan fingerprint density at radius 1 is 1.15 bits per heavy atom. The van der Waals surface area contributed by atoms with Crippen molar-refractivity contribution in [3.63, 3.8) is 0 Å². The molecular formula is C21H19N3O3. The Morgan fingerprint density at radius 3 is 2.70 bits per heavy atom. The van der Waals surface area contributed by atoms with Gasteiger partial charge in [-0.05, 0) is 30.2 Å². The molecule has 2 heterocycles. The first kappa shape index (κ1) is 17.0. The molecule has 6 nitrogen and oxygen atoms in total. The second-order valence-electron chi connectivity index (χ2n) is 6.63. The first-order valence-electron chi connectivity index (χ1n) is 8.70. The third-order valence-corrected chi connectivity index (χ3v) is 4.75. The number of hydrogen-bond acceptors (Lipinski definition) is 4. The van der Waals surface area contributed by atoms with Crippen LogP contribution in [0.4, 0.5) is 0 Å². The SMILES string of the molecule is Cc1ccccc1CN(C)C(=O)Cn1cnc2c(oc3ccccc32)c1=O. The van der Waals surface area contributed by atoms with Gasteiger partial charge in [0.1, 0.15) is 17.6 Å². The van der Waals surface area contributed by atoms with Crippen LogP contribution >= 0.6 is 0 Å². The quantitative estimate of drug-likeness (QED) is 0.560. The fourth-order valence-electron chi connectivity index (χ4n) is 3.13. The van der Waals surface area contributed by atoms with Crippen LogP contribution in [-0.2, 0) is 17.9 Å². The lowest BCUT2D eigenvalue weighted by Gasteiger charge is -2.19. The third kappa shape index (κ3) is 3.10. The molecule has 0 aliphatic rings. The summed E-state index contributed by atoms with van der Waals surface area (Å²) in [6, 6.07) is 15.3. The molecule has 0 fully saturated rings. The van der Waals surface area contributed by atoms with Crippen LogP contribution in [0.5, 0.6) is 0 Å². The molecule has 0 saturated carbocycles. The first-order valence-corrected chi connectivity index (χ1v) is 8.70. The van der Waals surface area contributed by atoms with Gasteiger partial charge in [0.25, 0.3) is 5.56 Å². The molecule has 0 unspecified atom stereocenters. The average Bonchev–Trinajstić information content (AvgIpc) is 3.05. The standard InChI is InChI=1S/C21H19N3O3/c1-14-7-3-4-8-15(14)11-23(2)18(25)12-24-13-22-19-16-9-5-6-10-17(16)27-20(19)21(24)26/h3-10,13H,11-12H2,1-2H3. The zero-order valence-corrected chi connectivity index (χ0v) is 15.2. The van der Waals surface area contributed by atoms with Crippen molar-refractivity contribution in [3.8, 4) is 0 Å². The molecule has 6 heteroatoms. The second kappa shape index (κ2) is 6.72. The smallest absolute Gasteiger partial charge is 0.297 e. The number of nitrogens with zero attached hydrogens (tertiary/aromatic N) is 3. The second-order valence-corrected chi connectivity index (χ2v) is 6.63. The summed E-state index contributed by atoms with van der Waals surface area (Å²) < 4.78 is 6.95. The van der Waals surface area contributed by atoms with E-state index in [0.717, 1.165) is 16.5 Å². The van der Waals surface area contributed by atoms with Crippen LogP contribution in [0.1, 0.15) is 11.1 Å². The number of aromatic nitrogens is 2. The van der Waals surface area contributed by atoms with Gasteiger partial charge in [0, 0.05) is 19.0 Å². The average molecular weight is 361 g/mol. The Morgan fingerprint density at radius 2 is 1.89 bits per heavy atom. The lowest BCUT2D eigenvalue weighted by atomic mass is 10.1. The minimum absolute atomic E-state index is 0.0821. The summed E-state index contributed by atoms with van der Waals surface area (Å²) in [4.78, 5) is 31.3. The third-order valence-electron chi connectivity index (χ3n) is 4.75. The van der Waals surface area contributed by atoms with Gasteiger partial charge in [0.05, 0.1) is 6.33 Å². The lowest BCUT2D eigenvalue weighted by Crippen LogP contribution is -2.33. The van der Waals surface area contributed by atoms with Crippen molar-refractivity contribution in [2.45, 2.75) is 20.0 Å². The van der Waals surface area contributed by atoms with E-state index in [4.69, 9.17) is 4.42 Å². The number of carbonyl (C=O) groups excluding carboxylic acids is 1. The fraction of sp³-hybridized carbons (Fsp3) is 0.190. The summed E-state index contributed by atoms with van der Waals surface area (Å²) in [5, 5.41) is 0.791. The van der Waals surface area contributed by atoms with Crippen LogP contribution in [-0.4, -0.2) is 27.4 Å². The first-order chi connectivity index (χ1) is 13.0. The topological polar surface area (TPSA) is 68.3 Å². The number of furan rings is 1. The van der Waals surface area contributed by atoms with Crippen LogP contribution < -0.4 is 5.56 Å². The normalized spacial score (nSPS) is 11.2. The zero-order chi connectivity index (χ0) is 19.0. The van der Waals surface area contributed by atoms with Gasteiger partial charge in [0.15, 0.2) is 0 Å². The Hall–Kier alpha value is -3.41. The predicted molar refractivity (Wildman–Crippen MR) is 103 cm³/mol. The maximum absolute atomic E-state index is 12.7. The predicted octanol–water partition coefficient (Wildman–Crippen LogP) is 3.11. The van der Waals surface area contributed by atoms with Gasteiger partial charge in [0.2, 0.25) is 11.5 Å². The number of likely N-dealkylation sites (N-methyl/N-ethyl adjacent to an activating group) is 1. The monoisotopic (exact) mass is 361 g/mol. The summed E-state index contributed by atoms with van der Waals surface area (Å²) in [7, 11) is 1.73. The highest BCUT2D eigenvalue weighted by Crippen LogP contribution is 2.24. The highest BCUT2D eigenvalue weighted by atomic mass is 16.3. The molecule has 0 atom stereocenters. The van der Waals surface area contributed by atoms with E-state index in [1.807, 2.05) is 49.4 Å². The molecule has 0 N–H and O–H groups in total. The van der Waals surface area contributed by atoms with Gasteiger partial charge < -0.3 is 9.32 Å². The largest absolute Gasteiger partial charge is 0.448 e.